The molecule has 8 rings (SSSR count). The predicted octanol–water partition coefficient (Wildman–Crippen LogP) is 9.26. The van der Waals surface area contributed by atoms with Crippen LogP contribution in [0.25, 0.3) is 32.3 Å². The molecule has 150 valence electrons. The Labute approximate surface area is 192 Å². The Morgan fingerprint density at radius 3 is 1.31 bits per heavy atom. The van der Waals surface area contributed by atoms with E-state index in [0.29, 0.717) is 0 Å². The number of rotatable bonds is 0. The average molecular weight is 443 g/mol. The first-order chi connectivity index (χ1) is 15.9. The van der Waals surface area contributed by atoms with Gasteiger partial charge in [-0.15, -0.1) is 10.0 Å². The molecule has 0 fully saturated rings. The van der Waals surface area contributed by atoms with Crippen molar-refractivity contribution in [2.24, 2.45) is 0 Å². The third-order valence-electron chi connectivity index (χ3n) is 7.05. The zero-order valence-electron chi connectivity index (χ0n) is 17.2. The van der Waals surface area contributed by atoms with Crippen molar-refractivity contribution in [1.82, 2.24) is 0 Å². The molecule has 0 N–H and O–H groups in total. The van der Waals surface area contributed by atoms with Crippen LogP contribution in [0.2, 0.25) is 0 Å². The van der Waals surface area contributed by atoms with Gasteiger partial charge in [-0.25, -0.2) is 0 Å². The van der Waals surface area contributed by atoms with Gasteiger partial charge in [-0.3, -0.25) is 0 Å². The Morgan fingerprint density at radius 2 is 0.781 bits per heavy atom. The molecule has 2 aliphatic heterocycles. The van der Waals surface area contributed by atoms with E-state index in [1.807, 2.05) is 11.8 Å². The van der Waals surface area contributed by atoms with Gasteiger partial charge in [0.1, 0.15) is 0 Å². The van der Waals surface area contributed by atoms with E-state index >= 15 is 0 Å². The smallest absolute Gasteiger partial charge is 0.0253 e. The zero-order valence-corrected chi connectivity index (χ0v) is 18.8. The van der Waals surface area contributed by atoms with E-state index in [4.69, 9.17) is 0 Å². The summed E-state index contributed by atoms with van der Waals surface area (Å²) in [5.74, 6) is 0. The number of fused-ring (bicyclic) bond motifs is 9. The molecule has 0 unspecified atom stereocenters. The van der Waals surface area contributed by atoms with Crippen LogP contribution in [0.15, 0.2) is 139 Å². The van der Waals surface area contributed by atoms with Gasteiger partial charge in [-0.1, -0.05) is 84.6 Å². The van der Waals surface area contributed by atoms with Crippen molar-refractivity contribution in [2.75, 3.05) is 0 Å². The molecular weight excluding hydrogens is 424 g/mol. The maximum absolute atomic E-state index is 2.41. The fourth-order valence-electron chi connectivity index (χ4n) is 5.89. The normalized spacial score (nSPS) is 16.0. The Balaban J connectivity index is 1.70. The Bertz CT molecular complexity index is 1630. The lowest BCUT2D eigenvalue weighted by atomic mass is 9.95. The summed E-state index contributed by atoms with van der Waals surface area (Å²) in [6, 6.07) is 41.2. The Kier molecular flexibility index (Phi) is 3.24. The second-order valence-electron chi connectivity index (χ2n) is 8.51. The summed E-state index contributed by atoms with van der Waals surface area (Å²) in [5, 5.41) is 8.41. The molecule has 0 bridgehead atoms. The summed E-state index contributed by atoms with van der Waals surface area (Å²) in [6.07, 6.45) is 0. The Morgan fingerprint density at radius 1 is 0.375 bits per heavy atom. The molecule has 0 saturated carbocycles. The van der Waals surface area contributed by atoms with Gasteiger partial charge < -0.3 is 0 Å². The van der Waals surface area contributed by atoms with Crippen LogP contribution in [0.1, 0.15) is 0 Å². The van der Waals surface area contributed by atoms with Crippen molar-refractivity contribution in [3.63, 3.8) is 0 Å². The molecule has 0 amide bonds. The van der Waals surface area contributed by atoms with Crippen molar-refractivity contribution < 1.29 is 0 Å². The summed E-state index contributed by atoms with van der Waals surface area (Å²) >= 11 is 1.92. The first-order valence-corrected chi connectivity index (χ1v) is 13.4. The molecule has 2 heterocycles. The highest BCUT2D eigenvalue weighted by atomic mass is 32.3. The highest BCUT2D eigenvalue weighted by Gasteiger charge is 2.45. The minimum absolute atomic E-state index is 1.36. The van der Waals surface area contributed by atoms with Gasteiger partial charge in [0, 0.05) is 40.1 Å². The van der Waals surface area contributed by atoms with Crippen LogP contribution < -0.4 is 0 Å². The molecule has 0 nitrogen and oxygen atoms in total. The monoisotopic (exact) mass is 442 g/mol. The fraction of sp³-hybridized carbons (Fsp3) is 0. The molecule has 0 saturated heterocycles. The summed E-state index contributed by atoms with van der Waals surface area (Å²) in [5.41, 5.74) is 0. The van der Waals surface area contributed by atoms with E-state index < -0.39 is 10.0 Å². The number of benzene rings is 6. The van der Waals surface area contributed by atoms with Crippen molar-refractivity contribution in [3.05, 3.63) is 109 Å². The summed E-state index contributed by atoms with van der Waals surface area (Å²) < 4.78 is 0. The van der Waals surface area contributed by atoms with E-state index in [9.17, 15) is 0 Å². The fourth-order valence-corrected chi connectivity index (χ4v) is 12.1. The van der Waals surface area contributed by atoms with Crippen LogP contribution in [0.3, 0.4) is 0 Å². The molecule has 2 aliphatic rings. The summed E-state index contributed by atoms with van der Waals surface area (Å²) in [6.45, 7) is 0. The first kappa shape index (κ1) is 17.4. The van der Waals surface area contributed by atoms with Crippen LogP contribution in [0.4, 0.5) is 0 Å². The Hall–Kier alpha value is -3.20. The summed E-state index contributed by atoms with van der Waals surface area (Å²) in [7, 11) is -1.54. The van der Waals surface area contributed by atoms with Crippen molar-refractivity contribution >= 4 is 54.1 Å². The van der Waals surface area contributed by atoms with Gasteiger partial charge in [0.25, 0.3) is 0 Å². The van der Waals surface area contributed by atoms with Gasteiger partial charge in [0.2, 0.25) is 0 Å². The standard InChI is InChI=1S/C30H18S2/c1-2-10-20-19(9-1)21-11-7-17-27-29(21)30-22(20)12-8-18-28(30)32(27)25-15-5-3-13-23(25)31-24-14-4-6-16-26(24)32/h1-18H. The van der Waals surface area contributed by atoms with Gasteiger partial charge in [0.15, 0.2) is 0 Å². The van der Waals surface area contributed by atoms with Gasteiger partial charge in [-0.05, 0) is 57.9 Å². The summed E-state index contributed by atoms with van der Waals surface area (Å²) in [4.78, 5) is 8.78. The van der Waals surface area contributed by atoms with Crippen LogP contribution in [-0.2, 0) is 0 Å². The van der Waals surface area contributed by atoms with E-state index in [1.54, 1.807) is 0 Å². The quantitative estimate of drug-likeness (QED) is 0.211. The van der Waals surface area contributed by atoms with Crippen molar-refractivity contribution in [3.8, 4) is 0 Å². The van der Waals surface area contributed by atoms with Crippen LogP contribution >= 0.6 is 21.8 Å². The highest BCUT2D eigenvalue weighted by Crippen LogP contribution is 2.83. The minimum Gasteiger partial charge on any atom is -0.129 e. The van der Waals surface area contributed by atoms with E-state index in [-0.39, 0.29) is 0 Å². The molecule has 6 aromatic rings. The lowest BCUT2D eigenvalue weighted by Crippen LogP contribution is -2.08. The molecule has 1 spiro atoms. The van der Waals surface area contributed by atoms with Crippen LogP contribution in [0.5, 0.6) is 0 Å². The molecular formula is C30H18S2. The van der Waals surface area contributed by atoms with E-state index in [0.717, 1.165) is 0 Å². The second-order valence-corrected chi connectivity index (χ2v) is 12.6. The maximum Gasteiger partial charge on any atom is 0.0253 e. The van der Waals surface area contributed by atoms with E-state index in [2.05, 4.69) is 109 Å². The van der Waals surface area contributed by atoms with Crippen LogP contribution in [-0.4, -0.2) is 0 Å². The van der Waals surface area contributed by atoms with E-state index in [1.165, 1.54) is 61.7 Å². The second kappa shape index (κ2) is 5.98. The topological polar surface area (TPSA) is 0 Å². The first-order valence-electron chi connectivity index (χ1n) is 10.9. The van der Waals surface area contributed by atoms with Crippen molar-refractivity contribution in [2.45, 2.75) is 29.4 Å². The highest BCUT2D eigenvalue weighted by molar-refractivity contribution is 8.35. The molecule has 6 aromatic carbocycles. The molecule has 0 aromatic heterocycles. The van der Waals surface area contributed by atoms with Gasteiger partial charge >= 0.3 is 0 Å². The van der Waals surface area contributed by atoms with Crippen LogP contribution in [0, 0.1) is 0 Å². The predicted molar refractivity (Wildman–Crippen MR) is 137 cm³/mol. The van der Waals surface area contributed by atoms with Gasteiger partial charge in [-0.2, -0.15) is 0 Å². The third kappa shape index (κ3) is 1.87. The minimum atomic E-state index is -1.54. The molecule has 0 aliphatic carbocycles. The SMILES string of the molecule is c1ccc2c(c1)Sc1ccccc1S21c2cccc3c4ccccc4c4cccc1c4c23. The number of hydrogen-bond acceptors (Lipinski definition) is 1. The zero-order chi connectivity index (χ0) is 20.9. The molecule has 2 heteroatoms. The van der Waals surface area contributed by atoms with Crippen molar-refractivity contribution in [1.29, 1.82) is 0 Å². The molecule has 32 heavy (non-hydrogen) atoms. The lowest BCUT2D eigenvalue weighted by molar-refractivity contribution is 1.11. The lowest BCUT2D eigenvalue weighted by Gasteiger charge is -2.44. The maximum atomic E-state index is 2.41. The largest absolute Gasteiger partial charge is 0.129 e. The van der Waals surface area contributed by atoms with Gasteiger partial charge in [0.05, 0.1) is 0 Å². The molecule has 0 radical (unpaired) electrons. The molecule has 0 atom stereocenters. The average Bonchev–Trinajstić information content (AvgIpc) is 3.16. The number of hydrogen-bond donors (Lipinski definition) is 0. The third-order valence-corrected chi connectivity index (χ3v) is 12.5.